The molecule has 3 aromatic rings. The molecular weight excluding hydrogens is 494 g/mol. The van der Waals surface area contributed by atoms with Crippen LogP contribution in [0.2, 0.25) is 0 Å². The van der Waals surface area contributed by atoms with E-state index in [0.29, 0.717) is 22.5 Å². The summed E-state index contributed by atoms with van der Waals surface area (Å²) in [5, 5.41) is 6.89. The van der Waals surface area contributed by atoms with Crippen LogP contribution in [0.15, 0.2) is 60.8 Å². The molecule has 0 spiro atoms. The van der Waals surface area contributed by atoms with Gasteiger partial charge < -0.3 is 14.4 Å². The Morgan fingerprint density at radius 3 is 2.22 bits per heavy atom. The van der Waals surface area contributed by atoms with E-state index in [9.17, 15) is 22.5 Å². The van der Waals surface area contributed by atoms with Crippen LogP contribution in [0.1, 0.15) is 30.5 Å². The number of nitrogens with one attached hydrogen (secondary N) is 1. The molecule has 0 unspecified atom stereocenters. The lowest BCUT2D eigenvalue weighted by Gasteiger charge is -2.17. The summed E-state index contributed by atoms with van der Waals surface area (Å²) in [6.07, 6.45) is 0.0917. The van der Waals surface area contributed by atoms with Gasteiger partial charge in [0, 0.05) is 29.9 Å². The summed E-state index contributed by atoms with van der Waals surface area (Å²) in [5.74, 6) is -0.403. The molecule has 0 bridgehead atoms. The van der Waals surface area contributed by atoms with Gasteiger partial charge in [-0.15, -0.1) is 0 Å². The van der Waals surface area contributed by atoms with Gasteiger partial charge in [0.25, 0.3) is 0 Å². The summed E-state index contributed by atoms with van der Waals surface area (Å²) in [6, 6.07) is 11.6. The summed E-state index contributed by atoms with van der Waals surface area (Å²) < 4.78 is 63.4. The molecule has 0 radical (unpaired) electrons. The summed E-state index contributed by atoms with van der Waals surface area (Å²) in [5.41, 5.74) is 2.22. The molecule has 192 valence electrons. The number of aryl methyl sites for hydroxylation is 1. The fourth-order valence-electron chi connectivity index (χ4n) is 3.54. The predicted octanol–water partition coefficient (Wildman–Crippen LogP) is 6.52. The van der Waals surface area contributed by atoms with E-state index in [2.05, 4.69) is 10.4 Å². The fourth-order valence-corrected chi connectivity index (χ4v) is 5.24. The minimum atomic E-state index is -4.42. The van der Waals surface area contributed by atoms with E-state index in [1.54, 1.807) is 51.2 Å². The fraction of sp³-hybridized carbons (Fsp3) is 0.280. The lowest BCUT2D eigenvalue weighted by molar-refractivity contribution is -0.137. The highest BCUT2D eigenvalue weighted by Gasteiger charge is 2.30. The third-order valence-corrected chi connectivity index (χ3v) is 7.17. The molecule has 36 heavy (non-hydrogen) atoms. The number of halogens is 3. The van der Waals surface area contributed by atoms with Gasteiger partial charge in [0.1, 0.15) is 0 Å². The number of hydrogen-bond donors (Lipinski definition) is 1. The van der Waals surface area contributed by atoms with E-state index in [1.807, 2.05) is 0 Å². The molecule has 0 aliphatic heterocycles. The molecule has 1 amide bonds. The van der Waals surface area contributed by atoms with E-state index in [-0.39, 0.29) is 19.4 Å². The number of aromatic nitrogens is 2. The first-order valence-corrected chi connectivity index (χ1v) is 12.9. The zero-order valence-electron chi connectivity index (χ0n) is 20.1. The topological polar surface area (TPSA) is 82.5 Å². The maximum absolute atomic E-state index is 12.9. The van der Waals surface area contributed by atoms with Crippen molar-refractivity contribution in [2.45, 2.75) is 26.2 Å². The van der Waals surface area contributed by atoms with Crippen LogP contribution in [0.25, 0.3) is 17.3 Å². The van der Waals surface area contributed by atoms with Crippen molar-refractivity contribution in [3.05, 3.63) is 77.5 Å². The Hall–Kier alpha value is -3.20. The normalized spacial score (nSPS) is 12.3. The molecule has 3 rings (SSSR count). The van der Waals surface area contributed by atoms with Gasteiger partial charge in [0.15, 0.2) is 0 Å². The van der Waals surface area contributed by atoms with E-state index in [4.69, 9.17) is 9.05 Å². The highest BCUT2D eigenvalue weighted by atomic mass is 31.2. The molecule has 0 atom stereocenters. The van der Waals surface area contributed by atoms with Crippen LogP contribution >= 0.6 is 7.60 Å². The number of carbonyl (C=O) groups excluding carboxylic acids is 1. The molecule has 0 aliphatic carbocycles. The second-order valence-electron chi connectivity index (χ2n) is 7.77. The van der Waals surface area contributed by atoms with Crippen molar-refractivity contribution in [1.29, 1.82) is 0 Å². The Bertz CT molecular complexity index is 1240. The van der Waals surface area contributed by atoms with Crippen molar-refractivity contribution in [1.82, 2.24) is 9.78 Å². The third-order valence-electron chi connectivity index (χ3n) is 5.12. The molecule has 0 saturated carbocycles. The number of rotatable bonds is 10. The second-order valence-corrected chi connectivity index (χ2v) is 9.83. The Kier molecular flexibility index (Phi) is 8.89. The molecule has 1 aromatic heterocycles. The first-order chi connectivity index (χ1) is 17.0. The number of alkyl halides is 3. The number of nitrogens with zero attached hydrogens (tertiary/aromatic N) is 2. The molecule has 2 aromatic carbocycles. The number of anilines is 1. The number of hydrogen-bond acceptors (Lipinski definition) is 5. The molecular formula is C25H27F3N3O4P. The van der Waals surface area contributed by atoms with Crippen LogP contribution in [0.4, 0.5) is 18.9 Å². The first-order valence-electron chi connectivity index (χ1n) is 11.2. The maximum Gasteiger partial charge on any atom is 0.416 e. The van der Waals surface area contributed by atoms with Crippen LogP contribution in [0.5, 0.6) is 0 Å². The molecule has 0 fully saturated rings. The van der Waals surface area contributed by atoms with Crippen LogP contribution in [0.3, 0.4) is 0 Å². The molecule has 7 nitrogen and oxygen atoms in total. The summed E-state index contributed by atoms with van der Waals surface area (Å²) in [7, 11) is -1.56. The Morgan fingerprint density at radius 1 is 1.06 bits per heavy atom. The smallest absolute Gasteiger partial charge is 0.323 e. The van der Waals surface area contributed by atoms with Gasteiger partial charge in [-0.05, 0) is 49.8 Å². The van der Waals surface area contributed by atoms with Crippen LogP contribution in [-0.2, 0) is 37.8 Å². The van der Waals surface area contributed by atoms with Gasteiger partial charge in [-0.2, -0.15) is 18.3 Å². The van der Waals surface area contributed by atoms with Crippen LogP contribution in [0, 0.1) is 0 Å². The monoisotopic (exact) mass is 521 g/mol. The van der Waals surface area contributed by atoms with Gasteiger partial charge in [0.05, 0.1) is 36.8 Å². The van der Waals surface area contributed by atoms with Gasteiger partial charge in [0.2, 0.25) is 5.91 Å². The first kappa shape index (κ1) is 27.4. The Labute approximate surface area is 207 Å². The number of benzene rings is 2. The average molecular weight is 521 g/mol. The molecule has 0 saturated heterocycles. The van der Waals surface area contributed by atoms with Gasteiger partial charge in [-0.1, -0.05) is 24.3 Å². The van der Waals surface area contributed by atoms with E-state index in [1.165, 1.54) is 29.1 Å². The van der Waals surface area contributed by atoms with Crippen molar-refractivity contribution < 1.29 is 31.6 Å². The molecule has 1 heterocycles. The Balaban J connectivity index is 1.68. The SMILES string of the molecule is CCOP(=O)(Cc1ccc(NC(=O)C=Cc2cnn(C)c2-c2ccc(C(F)(F)F)cc2)cc1)OCC. The van der Waals surface area contributed by atoms with Crippen molar-refractivity contribution >= 4 is 25.3 Å². The predicted molar refractivity (Wildman–Crippen MR) is 132 cm³/mol. The van der Waals surface area contributed by atoms with E-state index in [0.717, 1.165) is 17.7 Å². The quantitative estimate of drug-likeness (QED) is 0.243. The lowest BCUT2D eigenvalue weighted by atomic mass is 10.1. The van der Waals surface area contributed by atoms with Gasteiger partial charge >= 0.3 is 13.8 Å². The zero-order chi connectivity index (χ0) is 26.3. The van der Waals surface area contributed by atoms with E-state index >= 15 is 0 Å². The maximum atomic E-state index is 12.9. The zero-order valence-corrected chi connectivity index (χ0v) is 21.0. The standard InChI is InChI=1S/C25H27F3N3O4P/c1-4-34-36(33,35-5-2)17-18-6-13-22(14-7-18)30-23(32)15-10-20-16-29-31(3)24(20)19-8-11-21(12-9-19)25(26,27)28/h6-16H,4-5,17H2,1-3H3,(H,30,32). The average Bonchev–Trinajstić information content (AvgIpc) is 3.19. The highest BCUT2D eigenvalue weighted by molar-refractivity contribution is 7.53. The molecule has 11 heteroatoms. The van der Waals surface area contributed by atoms with Crippen molar-refractivity contribution in [2.24, 2.45) is 7.05 Å². The minimum Gasteiger partial charge on any atom is -0.323 e. The second kappa shape index (κ2) is 11.7. The molecule has 0 aliphatic rings. The highest BCUT2D eigenvalue weighted by Crippen LogP contribution is 2.51. The Morgan fingerprint density at radius 2 is 1.67 bits per heavy atom. The van der Waals surface area contributed by atoms with Crippen molar-refractivity contribution in [3.63, 3.8) is 0 Å². The summed E-state index contributed by atoms with van der Waals surface area (Å²) in [6.45, 7) is 4.04. The van der Waals surface area contributed by atoms with E-state index < -0.39 is 25.2 Å². The van der Waals surface area contributed by atoms with Crippen molar-refractivity contribution in [3.8, 4) is 11.3 Å². The minimum absolute atomic E-state index is 0.122. The number of carbonyl (C=O) groups is 1. The summed E-state index contributed by atoms with van der Waals surface area (Å²) >= 11 is 0. The van der Waals surface area contributed by atoms with Crippen molar-refractivity contribution in [2.75, 3.05) is 18.5 Å². The van der Waals surface area contributed by atoms with Gasteiger partial charge in [-0.3, -0.25) is 14.0 Å². The molecule has 1 N–H and O–H groups in total. The lowest BCUT2D eigenvalue weighted by Crippen LogP contribution is -2.07. The van der Waals surface area contributed by atoms with Crippen LogP contribution < -0.4 is 5.32 Å². The van der Waals surface area contributed by atoms with Gasteiger partial charge in [-0.25, -0.2) is 0 Å². The number of amides is 1. The largest absolute Gasteiger partial charge is 0.416 e. The van der Waals surface area contributed by atoms with Crippen LogP contribution in [-0.4, -0.2) is 28.9 Å². The third kappa shape index (κ3) is 7.16. The summed E-state index contributed by atoms with van der Waals surface area (Å²) in [4.78, 5) is 12.4.